The van der Waals surface area contributed by atoms with Crippen LogP contribution in [0.5, 0.6) is 0 Å². The molecule has 1 aromatic carbocycles. The van der Waals surface area contributed by atoms with E-state index in [9.17, 15) is 9.18 Å². The highest BCUT2D eigenvalue weighted by atomic mass is 19.1. The van der Waals surface area contributed by atoms with Gasteiger partial charge in [0.2, 0.25) is 0 Å². The van der Waals surface area contributed by atoms with Gasteiger partial charge in [0.15, 0.2) is 11.6 Å². The number of hydrogen-bond donors (Lipinski definition) is 2. The van der Waals surface area contributed by atoms with Gasteiger partial charge in [0.25, 0.3) is 0 Å². The van der Waals surface area contributed by atoms with Crippen molar-refractivity contribution in [3.8, 4) is 0 Å². The van der Waals surface area contributed by atoms with E-state index in [-0.39, 0.29) is 5.82 Å². The second kappa shape index (κ2) is 6.14. The van der Waals surface area contributed by atoms with E-state index in [1.54, 1.807) is 0 Å². The molecule has 0 amide bonds. The summed E-state index contributed by atoms with van der Waals surface area (Å²) < 4.78 is 14.0. The van der Waals surface area contributed by atoms with Crippen LogP contribution in [0.1, 0.15) is 29.3 Å². The predicted octanol–water partition coefficient (Wildman–Crippen LogP) is 3.62. The SMILES string of the molecule is CCCc1ccccc1Nc1nccc(C(=O)O)c1F. The number of rotatable bonds is 5. The van der Waals surface area contributed by atoms with E-state index in [1.165, 1.54) is 6.20 Å². The van der Waals surface area contributed by atoms with Crippen LogP contribution in [0.3, 0.4) is 0 Å². The molecule has 0 aliphatic rings. The molecule has 0 aliphatic heterocycles. The molecule has 0 spiro atoms. The Morgan fingerprint density at radius 1 is 1.35 bits per heavy atom. The number of nitrogens with zero attached hydrogens (tertiary/aromatic N) is 1. The number of carboxylic acids is 1. The molecular formula is C15H15FN2O2. The average molecular weight is 274 g/mol. The summed E-state index contributed by atoms with van der Waals surface area (Å²) in [5.41, 5.74) is 1.38. The minimum absolute atomic E-state index is 0.0755. The maximum atomic E-state index is 14.0. The number of para-hydroxylation sites is 1. The number of carbonyl (C=O) groups is 1. The Morgan fingerprint density at radius 3 is 2.80 bits per heavy atom. The lowest BCUT2D eigenvalue weighted by Crippen LogP contribution is -2.06. The summed E-state index contributed by atoms with van der Waals surface area (Å²) in [4.78, 5) is 14.8. The van der Waals surface area contributed by atoms with Crippen LogP contribution >= 0.6 is 0 Å². The largest absolute Gasteiger partial charge is 0.478 e. The van der Waals surface area contributed by atoms with Gasteiger partial charge in [-0.3, -0.25) is 0 Å². The highest BCUT2D eigenvalue weighted by Crippen LogP contribution is 2.23. The maximum Gasteiger partial charge on any atom is 0.338 e. The smallest absolute Gasteiger partial charge is 0.338 e. The van der Waals surface area contributed by atoms with Gasteiger partial charge in [-0.15, -0.1) is 0 Å². The van der Waals surface area contributed by atoms with Crippen LogP contribution in [0.25, 0.3) is 0 Å². The molecule has 0 unspecified atom stereocenters. The zero-order valence-electron chi connectivity index (χ0n) is 11.1. The van der Waals surface area contributed by atoms with E-state index in [1.807, 2.05) is 24.3 Å². The quantitative estimate of drug-likeness (QED) is 0.874. The van der Waals surface area contributed by atoms with Gasteiger partial charge in [0, 0.05) is 11.9 Å². The van der Waals surface area contributed by atoms with E-state index in [0.29, 0.717) is 0 Å². The van der Waals surface area contributed by atoms with Gasteiger partial charge >= 0.3 is 5.97 Å². The zero-order chi connectivity index (χ0) is 14.5. The fourth-order valence-electron chi connectivity index (χ4n) is 1.95. The lowest BCUT2D eigenvalue weighted by molar-refractivity contribution is 0.0692. The summed E-state index contributed by atoms with van der Waals surface area (Å²) in [6, 6.07) is 8.65. The van der Waals surface area contributed by atoms with Crippen LogP contribution in [0, 0.1) is 5.82 Å². The summed E-state index contributed by atoms with van der Waals surface area (Å²) in [7, 11) is 0. The van der Waals surface area contributed by atoms with Crippen LogP contribution in [-0.2, 0) is 6.42 Å². The van der Waals surface area contributed by atoms with E-state index in [0.717, 1.165) is 30.2 Å². The Kier molecular flexibility index (Phi) is 4.30. The van der Waals surface area contributed by atoms with E-state index in [4.69, 9.17) is 5.11 Å². The van der Waals surface area contributed by atoms with Crippen LogP contribution in [0.2, 0.25) is 0 Å². The van der Waals surface area contributed by atoms with Gasteiger partial charge in [0.1, 0.15) is 5.56 Å². The Morgan fingerprint density at radius 2 is 2.10 bits per heavy atom. The molecule has 0 fully saturated rings. The molecule has 0 saturated carbocycles. The molecule has 0 saturated heterocycles. The first-order valence-electron chi connectivity index (χ1n) is 6.36. The lowest BCUT2D eigenvalue weighted by Gasteiger charge is -2.12. The first-order chi connectivity index (χ1) is 9.63. The van der Waals surface area contributed by atoms with E-state index >= 15 is 0 Å². The first-order valence-corrected chi connectivity index (χ1v) is 6.36. The summed E-state index contributed by atoms with van der Waals surface area (Å²) in [5.74, 6) is -2.24. The average Bonchev–Trinajstić information content (AvgIpc) is 2.43. The number of aromatic carboxylic acids is 1. The molecule has 4 nitrogen and oxygen atoms in total. The molecule has 5 heteroatoms. The van der Waals surface area contributed by atoms with Crippen molar-refractivity contribution in [1.82, 2.24) is 4.98 Å². The number of anilines is 2. The number of aromatic nitrogens is 1. The van der Waals surface area contributed by atoms with E-state index in [2.05, 4.69) is 17.2 Å². The summed E-state index contributed by atoms with van der Waals surface area (Å²) in [5, 5.41) is 11.8. The third-order valence-electron chi connectivity index (χ3n) is 2.91. The summed E-state index contributed by atoms with van der Waals surface area (Å²) in [6.07, 6.45) is 3.09. The Labute approximate surface area is 116 Å². The number of carboxylic acid groups (broad SMARTS) is 1. The highest BCUT2D eigenvalue weighted by molar-refractivity contribution is 5.89. The molecule has 2 aromatic rings. The van der Waals surface area contributed by atoms with Crippen molar-refractivity contribution >= 4 is 17.5 Å². The zero-order valence-corrected chi connectivity index (χ0v) is 11.1. The number of hydrogen-bond acceptors (Lipinski definition) is 3. The fraction of sp³-hybridized carbons (Fsp3) is 0.200. The summed E-state index contributed by atoms with van der Waals surface area (Å²) >= 11 is 0. The normalized spacial score (nSPS) is 10.3. The minimum Gasteiger partial charge on any atom is -0.478 e. The molecule has 0 aliphatic carbocycles. The van der Waals surface area contributed by atoms with Crippen molar-refractivity contribution in [2.24, 2.45) is 0 Å². The van der Waals surface area contributed by atoms with Crippen LogP contribution in [-0.4, -0.2) is 16.1 Å². The molecule has 0 bridgehead atoms. The van der Waals surface area contributed by atoms with Crippen molar-refractivity contribution in [2.45, 2.75) is 19.8 Å². The maximum absolute atomic E-state index is 14.0. The van der Waals surface area contributed by atoms with Crippen LogP contribution < -0.4 is 5.32 Å². The van der Waals surface area contributed by atoms with Crippen molar-refractivity contribution in [2.75, 3.05) is 5.32 Å². The van der Waals surface area contributed by atoms with Gasteiger partial charge < -0.3 is 10.4 Å². The number of benzene rings is 1. The van der Waals surface area contributed by atoms with Crippen LogP contribution in [0.15, 0.2) is 36.5 Å². The Hall–Kier alpha value is -2.43. The first kappa shape index (κ1) is 14.0. The molecule has 1 aromatic heterocycles. The molecule has 0 radical (unpaired) electrons. The molecule has 2 N–H and O–H groups in total. The second-order valence-corrected chi connectivity index (χ2v) is 4.36. The number of halogens is 1. The van der Waals surface area contributed by atoms with E-state index < -0.39 is 17.3 Å². The van der Waals surface area contributed by atoms with Crippen LogP contribution in [0.4, 0.5) is 15.9 Å². The minimum atomic E-state index is -1.31. The lowest BCUT2D eigenvalue weighted by atomic mass is 10.1. The third kappa shape index (κ3) is 2.93. The Balaban J connectivity index is 2.35. The molecule has 20 heavy (non-hydrogen) atoms. The van der Waals surface area contributed by atoms with Crippen molar-refractivity contribution in [1.29, 1.82) is 0 Å². The van der Waals surface area contributed by atoms with Crippen molar-refractivity contribution in [3.63, 3.8) is 0 Å². The molecule has 0 atom stereocenters. The highest BCUT2D eigenvalue weighted by Gasteiger charge is 2.15. The molecule has 1 heterocycles. The van der Waals surface area contributed by atoms with Gasteiger partial charge in [0.05, 0.1) is 0 Å². The number of pyridine rings is 1. The number of aryl methyl sites for hydroxylation is 1. The van der Waals surface area contributed by atoms with Gasteiger partial charge in [-0.05, 0) is 24.1 Å². The Bertz CT molecular complexity index is 629. The molecular weight excluding hydrogens is 259 g/mol. The number of nitrogens with one attached hydrogen (secondary N) is 1. The fourth-order valence-corrected chi connectivity index (χ4v) is 1.95. The molecule has 104 valence electrons. The predicted molar refractivity (Wildman–Crippen MR) is 74.9 cm³/mol. The van der Waals surface area contributed by atoms with Gasteiger partial charge in [-0.2, -0.15) is 0 Å². The third-order valence-corrected chi connectivity index (χ3v) is 2.91. The van der Waals surface area contributed by atoms with Crippen molar-refractivity contribution in [3.05, 3.63) is 53.5 Å². The van der Waals surface area contributed by atoms with Gasteiger partial charge in [-0.1, -0.05) is 31.5 Å². The van der Waals surface area contributed by atoms with Crippen molar-refractivity contribution < 1.29 is 14.3 Å². The monoisotopic (exact) mass is 274 g/mol. The summed E-state index contributed by atoms with van der Waals surface area (Å²) in [6.45, 7) is 2.06. The topological polar surface area (TPSA) is 62.2 Å². The second-order valence-electron chi connectivity index (χ2n) is 4.36. The molecule has 2 rings (SSSR count). The van der Waals surface area contributed by atoms with Gasteiger partial charge in [-0.25, -0.2) is 14.2 Å². The standard InChI is InChI=1S/C15H15FN2O2/c1-2-5-10-6-3-4-7-12(10)18-14-13(16)11(15(19)20)8-9-17-14/h3-4,6-9H,2,5H2,1H3,(H,17,18)(H,19,20).